The van der Waals surface area contributed by atoms with Gasteiger partial charge >= 0.3 is 5.82 Å². The Bertz CT molecular complexity index is 1160. The molecule has 3 N–H and O–H groups in total. The molecule has 158 valence electrons. The van der Waals surface area contributed by atoms with Crippen molar-refractivity contribution in [1.29, 1.82) is 0 Å². The van der Waals surface area contributed by atoms with E-state index in [9.17, 15) is 9.18 Å². The van der Waals surface area contributed by atoms with Gasteiger partial charge in [0, 0.05) is 24.5 Å². The van der Waals surface area contributed by atoms with E-state index < -0.39 is 0 Å². The topological polar surface area (TPSA) is 94.8 Å². The van der Waals surface area contributed by atoms with E-state index in [4.69, 9.17) is 0 Å². The van der Waals surface area contributed by atoms with Crippen LogP contribution < -0.4 is 16.0 Å². The Labute approximate surface area is 179 Å². The number of rotatable bonds is 7. The quantitative estimate of drug-likeness (QED) is 0.506. The number of anilines is 3. The van der Waals surface area contributed by atoms with Crippen molar-refractivity contribution >= 4 is 35.3 Å². The number of aromatic nitrogens is 3. The van der Waals surface area contributed by atoms with E-state index in [2.05, 4.69) is 30.9 Å². The Kier molecular flexibility index (Phi) is 5.57. The minimum Gasteiger partial charge on any atom is -0.373 e. The van der Waals surface area contributed by atoms with Gasteiger partial charge in [-0.05, 0) is 49.2 Å². The summed E-state index contributed by atoms with van der Waals surface area (Å²) in [4.78, 5) is 25.5. The molecule has 0 saturated carbocycles. The van der Waals surface area contributed by atoms with Crippen LogP contribution >= 0.6 is 0 Å². The number of nitrogens with zero attached hydrogens (tertiary/aromatic N) is 4. The average molecular weight is 420 g/mol. The standard InChI is InChI=1S/C22H22FN7O/c1-4-30-12-18-21(30)29-20(11-25-18)27-13(2)16-9-15(6-7-17(16)23)28-22(31)14-5-8-19(24-3)26-10-14/h5-13H,4H2,1-3H3,(H2,24,26,28,31)/p+1. The zero-order chi connectivity index (χ0) is 22.0. The number of pyridine rings is 1. The molecule has 0 fully saturated rings. The number of halogens is 1. The van der Waals surface area contributed by atoms with Gasteiger partial charge in [-0.15, -0.1) is 0 Å². The highest BCUT2D eigenvalue weighted by molar-refractivity contribution is 6.04. The van der Waals surface area contributed by atoms with Gasteiger partial charge in [0.15, 0.2) is 5.69 Å². The molecule has 1 aliphatic rings. The minimum absolute atomic E-state index is 0.322. The molecule has 0 spiro atoms. The predicted octanol–water partition coefficient (Wildman–Crippen LogP) is 3.57. The van der Waals surface area contributed by atoms with Crippen molar-refractivity contribution in [2.75, 3.05) is 29.5 Å². The number of hydrogen-bond donors (Lipinski definition) is 3. The Morgan fingerprint density at radius 1 is 1.16 bits per heavy atom. The zero-order valence-corrected chi connectivity index (χ0v) is 17.5. The summed E-state index contributed by atoms with van der Waals surface area (Å²) >= 11 is 0. The molecule has 4 rings (SSSR count). The summed E-state index contributed by atoms with van der Waals surface area (Å²) in [7, 11) is 1.75. The molecule has 1 amide bonds. The van der Waals surface area contributed by atoms with Crippen LogP contribution in [0.5, 0.6) is 0 Å². The van der Waals surface area contributed by atoms with Crippen LogP contribution in [0.2, 0.25) is 0 Å². The minimum atomic E-state index is -0.389. The van der Waals surface area contributed by atoms with Crippen LogP contribution in [0, 0.1) is 5.82 Å². The number of amides is 1. The lowest BCUT2D eigenvalue weighted by atomic mass is 10.1. The molecule has 0 radical (unpaired) electrons. The third-order valence-corrected chi connectivity index (χ3v) is 5.04. The van der Waals surface area contributed by atoms with E-state index >= 15 is 0 Å². The molecule has 0 saturated heterocycles. The van der Waals surface area contributed by atoms with Gasteiger partial charge in [0.1, 0.15) is 17.8 Å². The summed E-state index contributed by atoms with van der Waals surface area (Å²) in [6.45, 7) is 4.67. The number of hydrogen-bond acceptors (Lipinski definition) is 6. The third-order valence-electron chi connectivity index (χ3n) is 5.04. The van der Waals surface area contributed by atoms with Crippen LogP contribution in [0.1, 0.15) is 41.5 Å². The fraction of sp³-hybridized carbons (Fsp3) is 0.227. The Hall–Kier alpha value is -3.88. The van der Waals surface area contributed by atoms with Crippen LogP contribution in [0.4, 0.5) is 27.5 Å². The van der Waals surface area contributed by atoms with Crippen LogP contribution in [0.3, 0.4) is 0 Å². The first kappa shape index (κ1) is 20.4. The van der Waals surface area contributed by atoms with Crippen molar-refractivity contribution in [2.45, 2.75) is 19.9 Å². The van der Waals surface area contributed by atoms with Gasteiger partial charge in [-0.3, -0.25) is 4.79 Å². The molecule has 8 nitrogen and oxygen atoms in total. The van der Waals surface area contributed by atoms with Crippen LogP contribution in [0.25, 0.3) is 0 Å². The monoisotopic (exact) mass is 420 g/mol. The molecule has 1 atom stereocenters. The van der Waals surface area contributed by atoms with Crippen molar-refractivity contribution < 1.29 is 13.8 Å². The largest absolute Gasteiger partial charge is 0.373 e. The normalized spacial score (nSPS) is 12.8. The SMILES string of the molecule is CC[N+]1=Cc2ncc(NC(C)c3cc(NC(=O)c4ccc(NC)nc4)ccc3F)nc21. The summed E-state index contributed by atoms with van der Waals surface area (Å²) in [5, 5.41) is 8.87. The summed E-state index contributed by atoms with van der Waals surface area (Å²) < 4.78 is 16.5. The van der Waals surface area contributed by atoms with E-state index in [1.807, 2.05) is 24.6 Å². The number of carbonyl (C=O) groups excluding carboxylic acids is 1. The molecule has 9 heteroatoms. The number of carbonyl (C=O) groups is 1. The first-order valence-electron chi connectivity index (χ1n) is 9.98. The van der Waals surface area contributed by atoms with Gasteiger partial charge in [-0.25, -0.2) is 18.9 Å². The maximum Gasteiger partial charge on any atom is 0.355 e. The van der Waals surface area contributed by atoms with Crippen LogP contribution in [-0.4, -0.2) is 45.2 Å². The second kappa shape index (κ2) is 8.47. The molecule has 3 aromatic rings. The molecule has 3 heterocycles. The van der Waals surface area contributed by atoms with Crippen molar-refractivity contribution in [1.82, 2.24) is 15.0 Å². The van der Waals surface area contributed by atoms with Crippen molar-refractivity contribution in [3.8, 4) is 0 Å². The van der Waals surface area contributed by atoms with Gasteiger partial charge in [0.2, 0.25) is 0 Å². The molecular weight excluding hydrogens is 397 g/mol. The average Bonchev–Trinajstić information content (AvgIpc) is 2.77. The summed E-state index contributed by atoms with van der Waals surface area (Å²) in [6.07, 6.45) is 5.05. The van der Waals surface area contributed by atoms with E-state index in [-0.39, 0.29) is 17.8 Å². The third kappa shape index (κ3) is 4.20. The summed E-state index contributed by atoms with van der Waals surface area (Å²) in [5.74, 6) is 1.33. The van der Waals surface area contributed by atoms with Gasteiger partial charge in [-0.1, -0.05) is 0 Å². The molecule has 31 heavy (non-hydrogen) atoms. The first-order valence-corrected chi connectivity index (χ1v) is 9.98. The highest BCUT2D eigenvalue weighted by atomic mass is 19.1. The molecule has 1 aromatic carbocycles. The molecule has 1 aliphatic heterocycles. The van der Waals surface area contributed by atoms with Gasteiger partial charge < -0.3 is 16.0 Å². The predicted molar refractivity (Wildman–Crippen MR) is 118 cm³/mol. The Balaban J connectivity index is 1.48. The number of nitrogens with one attached hydrogen (secondary N) is 3. The smallest absolute Gasteiger partial charge is 0.355 e. The van der Waals surface area contributed by atoms with Crippen molar-refractivity contribution in [2.24, 2.45) is 0 Å². The molecule has 1 unspecified atom stereocenters. The second-order valence-electron chi connectivity index (χ2n) is 7.12. The van der Waals surface area contributed by atoms with E-state index in [0.29, 0.717) is 28.5 Å². The van der Waals surface area contributed by atoms with Gasteiger partial charge in [-0.2, -0.15) is 0 Å². The lowest BCUT2D eigenvalue weighted by Gasteiger charge is -2.17. The highest BCUT2D eigenvalue weighted by Crippen LogP contribution is 2.27. The second-order valence-corrected chi connectivity index (χ2v) is 7.12. The molecule has 0 bridgehead atoms. The van der Waals surface area contributed by atoms with Crippen molar-refractivity contribution in [3.05, 3.63) is 65.4 Å². The lowest BCUT2D eigenvalue weighted by Crippen LogP contribution is -2.22. The fourth-order valence-corrected chi connectivity index (χ4v) is 3.28. The van der Waals surface area contributed by atoms with E-state index in [1.165, 1.54) is 18.3 Å². The summed E-state index contributed by atoms with van der Waals surface area (Å²) in [5.41, 5.74) is 2.14. The maximum atomic E-state index is 14.5. The molecule has 2 aromatic heterocycles. The van der Waals surface area contributed by atoms with Crippen LogP contribution in [-0.2, 0) is 0 Å². The highest BCUT2D eigenvalue weighted by Gasteiger charge is 2.28. The Morgan fingerprint density at radius 3 is 2.71 bits per heavy atom. The van der Waals surface area contributed by atoms with Gasteiger partial charge in [0.05, 0.1) is 24.3 Å². The maximum absolute atomic E-state index is 14.5. The fourth-order valence-electron chi connectivity index (χ4n) is 3.28. The zero-order valence-electron chi connectivity index (χ0n) is 17.5. The van der Waals surface area contributed by atoms with E-state index in [0.717, 1.165) is 18.1 Å². The lowest BCUT2D eigenvalue weighted by molar-refractivity contribution is -0.447. The summed E-state index contributed by atoms with van der Waals surface area (Å²) in [6, 6.07) is 7.47. The van der Waals surface area contributed by atoms with Gasteiger partial charge in [0.25, 0.3) is 11.7 Å². The molecule has 0 aliphatic carbocycles. The van der Waals surface area contributed by atoms with E-state index in [1.54, 1.807) is 31.4 Å². The number of fused-ring (bicyclic) bond motifs is 1. The van der Waals surface area contributed by atoms with Crippen molar-refractivity contribution in [3.63, 3.8) is 0 Å². The first-order chi connectivity index (χ1) is 15.0. The molecular formula is C22H23FN7O+. The van der Waals surface area contributed by atoms with Crippen LogP contribution in [0.15, 0.2) is 42.7 Å². The number of benzene rings is 1. The Morgan fingerprint density at radius 2 is 2.00 bits per heavy atom.